The van der Waals surface area contributed by atoms with Crippen molar-refractivity contribution < 1.29 is 37.1 Å². The number of benzene rings is 3. The fourth-order valence-corrected chi connectivity index (χ4v) is 5.56. The summed E-state index contributed by atoms with van der Waals surface area (Å²) in [6, 6.07) is 19.1. The summed E-state index contributed by atoms with van der Waals surface area (Å²) in [7, 11) is -4.54. The molecule has 1 saturated heterocycles. The summed E-state index contributed by atoms with van der Waals surface area (Å²) in [4.78, 5) is 65.2. The molecule has 1 fully saturated rings. The number of nitrogens with one attached hydrogen (secondary N) is 4. The van der Waals surface area contributed by atoms with Gasteiger partial charge in [-0.3, -0.25) is 14.5 Å². The van der Waals surface area contributed by atoms with Gasteiger partial charge in [0.1, 0.15) is 30.5 Å². The number of sulfonamides is 1. The van der Waals surface area contributed by atoms with Gasteiger partial charge < -0.3 is 26.5 Å². The molecule has 1 aliphatic rings. The molecule has 0 radical (unpaired) electrons. The molecule has 15 nitrogen and oxygen atoms in total. The zero-order valence-corrected chi connectivity index (χ0v) is 25.3. The van der Waals surface area contributed by atoms with Crippen molar-refractivity contribution in [1.82, 2.24) is 20.3 Å². The third-order valence-electron chi connectivity index (χ3n) is 6.80. The predicted molar refractivity (Wildman–Crippen MR) is 166 cm³/mol. The molecule has 0 aliphatic carbocycles. The summed E-state index contributed by atoms with van der Waals surface area (Å²) in [5.41, 5.74) is 0.434. The second kappa shape index (κ2) is 14.3. The first-order valence-corrected chi connectivity index (χ1v) is 15.4. The molecule has 16 heteroatoms. The van der Waals surface area contributed by atoms with E-state index in [0.29, 0.717) is 27.3 Å². The van der Waals surface area contributed by atoms with E-state index in [0.717, 1.165) is 0 Å². The minimum absolute atomic E-state index is 0.241. The molecule has 6 amide bonds. The van der Waals surface area contributed by atoms with E-state index in [1.807, 2.05) is 0 Å². The van der Waals surface area contributed by atoms with Crippen LogP contribution in [-0.4, -0.2) is 67.7 Å². The van der Waals surface area contributed by atoms with E-state index in [-0.39, 0.29) is 6.61 Å². The molecule has 0 aromatic heterocycles. The topological polar surface area (TPSA) is 218 Å². The van der Waals surface area contributed by atoms with Gasteiger partial charge in [0.15, 0.2) is 0 Å². The Morgan fingerprint density at radius 1 is 1.00 bits per heavy atom. The van der Waals surface area contributed by atoms with Crippen LogP contribution in [0.5, 0.6) is 0 Å². The van der Waals surface area contributed by atoms with Gasteiger partial charge in [-0.05, 0) is 35.7 Å². The Morgan fingerprint density at radius 2 is 1.63 bits per heavy atom. The summed E-state index contributed by atoms with van der Waals surface area (Å²) in [5.74, 6) is 1.14. The van der Waals surface area contributed by atoms with E-state index in [1.165, 1.54) is 25.3 Å². The van der Waals surface area contributed by atoms with Gasteiger partial charge in [-0.15, -0.1) is 0 Å². The number of anilines is 1. The van der Waals surface area contributed by atoms with Crippen LogP contribution in [0, 0.1) is 0 Å². The number of hydrazone groups is 1. The average molecular weight is 650 g/mol. The maximum atomic E-state index is 13.3. The van der Waals surface area contributed by atoms with Gasteiger partial charge in [-0.1, -0.05) is 72.8 Å². The second-order valence-corrected chi connectivity index (χ2v) is 12.0. The van der Waals surface area contributed by atoms with E-state index in [9.17, 15) is 32.4 Å². The Bertz CT molecular complexity index is 1740. The van der Waals surface area contributed by atoms with Crippen LogP contribution < -0.4 is 26.5 Å². The first-order valence-electron chi connectivity index (χ1n) is 13.7. The zero-order valence-electron chi connectivity index (χ0n) is 24.5. The van der Waals surface area contributed by atoms with Gasteiger partial charge in [-0.25, -0.2) is 27.5 Å². The molecule has 46 heavy (non-hydrogen) atoms. The summed E-state index contributed by atoms with van der Waals surface area (Å²) >= 11 is 0. The highest BCUT2D eigenvalue weighted by molar-refractivity contribution is 7.90. The van der Waals surface area contributed by atoms with Crippen molar-refractivity contribution in [2.24, 2.45) is 10.9 Å². The Morgan fingerprint density at radius 3 is 2.26 bits per heavy atom. The number of amides is 6. The van der Waals surface area contributed by atoms with Crippen molar-refractivity contribution in [3.05, 3.63) is 102 Å². The molecule has 0 unspecified atom stereocenters. The highest BCUT2D eigenvalue weighted by atomic mass is 32.2. The molecule has 240 valence electrons. The first-order chi connectivity index (χ1) is 21.9. The van der Waals surface area contributed by atoms with Gasteiger partial charge in [-0.2, -0.15) is 5.10 Å². The number of para-hydroxylation sites is 1. The normalized spacial score (nSPS) is 16.8. The number of esters is 1. The molecule has 2 atom stereocenters. The fourth-order valence-electron chi connectivity index (χ4n) is 4.49. The summed E-state index contributed by atoms with van der Waals surface area (Å²) < 4.78 is 32.8. The van der Waals surface area contributed by atoms with Crippen LogP contribution in [0.25, 0.3) is 0 Å². The maximum absolute atomic E-state index is 13.3. The van der Waals surface area contributed by atoms with Gasteiger partial charge in [0.05, 0.1) is 6.21 Å². The first kappa shape index (κ1) is 33.1. The second-order valence-electron chi connectivity index (χ2n) is 10.3. The average Bonchev–Trinajstić information content (AvgIpc) is 3.24. The van der Waals surface area contributed by atoms with E-state index in [2.05, 4.69) is 21.1 Å². The molecule has 0 saturated carbocycles. The van der Waals surface area contributed by atoms with Crippen molar-refractivity contribution >= 4 is 51.8 Å². The number of nitrogens with zero attached hydrogens (tertiary/aromatic N) is 2. The van der Waals surface area contributed by atoms with E-state index in [1.54, 1.807) is 77.5 Å². The van der Waals surface area contributed by atoms with Gasteiger partial charge in [0, 0.05) is 5.69 Å². The number of rotatable bonds is 12. The molecule has 0 bridgehead atoms. The number of hydrogen-bond donors (Lipinski definition) is 5. The van der Waals surface area contributed by atoms with E-state index >= 15 is 0 Å². The SMILES string of the molecule is C[C@]1(c2ccc(C=NN)cc2)NC(=O)N(CC(=O)N[C@@H](CS(=O)(=O)NC(=O)Nc2ccccc2)C(=O)OCc2ccccc2)C1=O. The monoisotopic (exact) mass is 649 g/mol. The lowest BCUT2D eigenvalue weighted by molar-refractivity contribution is -0.148. The van der Waals surface area contributed by atoms with Crippen LogP contribution in [0.1, 0.15) is 23.6 Å². The Hall–Kier alpha value is -5.77. The van der Waals surface area contributed by atoms with Crippen LogP contribution in [0.3, 0.4) is 0 Å². The number of hydrogen-bond acceptors (Lipinski definition) is 10. The van der Waals surface area contributed by atoms with Gasteiger partial charge >= 0.3 is 18.0 Å². The van der Waals surface area contributed by atoms with Crippen LogP contribution >= 0.6 is 0 Å². The lowest BCUT2D eigenvalue weighted by Gasteiger charge is -2.23. The van der Waals surface area contributed by atoms with Crippen molar-refractivity contribution in [1.29, 1.82) is 0 Å². The molecule has 6 N–H and O–H groups in total. The Balaban J connectivity index is 1.46. The molecule has 3 aromatic rings. The van der Waals surface area contributed by atoms with Crippen LogP contribution in [0.4, 0.5) is 15.3 Å². The molecule has 3 aromatic carbocycles. The Labute approximate surface area is 264 Å². The third kappa shape index (κ3) is 8.44. The lowest BCUT2D eigenvalue weighted by Crippen LogP contribution is -2.52. The summed E-state index contributed by atoms with van der Waals surface area (Å²) in [5, 5.41) is 10.6. The highest BCUT2D eigenvalue weighted by Crippen LogP contribution is 2.28. The molecular weight excluding hydrogens is 618 g/mol. The highest BCUT2D eigenvalue weighted by Gasteiger charge is 2.49. The standard InChI is InChI=1S/C30H31N7O8S/c1-30(22-14-12-20(13-15-22)16-32-31)27(40)37(29(42)35-30)17-25(38)34-24(26(39)45-18-21-8-4-2-5-9-21)19-46(43,44)36-28(41)33-23-10-6-3-7-11-23/h2-16,24H,17-19,31H2,1H3,(H,34,38)(H,35,42)(H2,33,36,41)/t24-,30+/m0/s1. The van der Waals surface area contributed by atoms with Gasteiger partial charge in [0.2, 0.25) is 15.9 Å². The van der Waals surface area contributed by atoms with Crippen LogP contribution in [-0.2, 0) is 41.3 Å². The number of nitrogens with two attached hydrogens (primary N) is 1. The molecular formula is C30H31N7O8S. The van der Waals surface area contributed by atoms with Crippen LogP contribution in [0.2, 0.25) is 0 Å². The van der Waals surface area contributed by atoms with E-state index < -0.39 is 63.7 Å². The van der Waals surface area contributed by atoms with E-state index in [4.69, 9.17) is 10.6 Å². The molecule has 0 spiro atoms. The fraction of sp³-hybridized carbons (Fsp3) is 0.200. The summed E-state index contributed by atoms with van der Waals surface area (Å²) in [6.45, 7) is 0.373. The zero-order chi connectivity index (χ0) is 33.3. The predicted octanol–water partition coefficient (Wildman–Crippen LogP) is 1.13. The maximum Gasteiger partial charge on any atom is 0.332 e. The molecule has 4 rings (SSSR count). The number of carbonyl (C=O) groups is 5. The number of urea groups is 2. The molecule has 1 heterocycles. The quantitative estimate of drug-likeness (QED) is 0.0623. The minimum Gasteiger partial charge on any atom is -0.459 e. The van der Waals surface area contributed by atoms with Crippen molar-refractivity contribution in [3.8, 4) is 0 Å². The minimum atomic E-state index is -4.54. The molecule has 1 aliphatic heterocycles. The van der Waals surface area contributed by atoms with Crippen molar-refractivity contribution in [3.63, 3.8) is 0 Å². The smallest absolute Gasteiger partial charge is 0.332 e. The van der Waals surface area contributed by atoms with Gasteiger partial charge in [0.25, 0.3) is 5.91 Å². The third-order valence-corrected chi connectivity index (χ3v) is 8.07. The lowest BCUT2D eigenvalue weighted by atomic mass is 9.91. The Kier molecular flexibility index (Phi) is 10.3. The van der Waals surface area contributed by atoms with Crippen molar-refractivity contribution in [2.75, 3.05) is 17.6 Å². The summed E-state index contributed by atoms with van der Waals surface area (Å²) in [6.07, 6.45) is 1.39. The largest absolute Gasteiger partial charge is 0.459 e. The van der Waals surface area contributed by atoms with Crippen LogP contribution in [0.15, 0.2) is 90.0 Å². The number of ether oxygens (including phenoxy) is 1. The van der Waals surface area contributed by atoms with Crippen molar-refractivity contribution in [2.45, 2.75) is 25.1 Å². The number of imide groups is 1. The number of carbonyl (C=O) groups excluding carboxylic acids is 5.